The Morgan fingerprint density at radius 1 is 1.12 bits per heavy atom. The molecule has 0 aliphatic heterocycles. The van der Waals surface area contributed by atoms with Gasteiger partial charge in [0.25, 0.3) is 0 Å². The molecule has 6 nitrogen and oxygen atoms in total. The second-order valence-corrected chi connectivity index (χ2v) is 12.2. The number of imidazole rings is 1. The van der Waals surface area contributed by atoms with Gasteiger partial charge in [0.1, 0.15) is 24.1 Å². The Labute approximate surface area is 248 Å². The predicted octanol–water partition coefficient (Wildman–Crippen LogP) is 6.51. The van der Waals surface area contributed by atoms with Crippen molar-refractivity contribution in [1.29, 1.82) is 0 Å². The summed E-state index contributed by atoms with van der Waals surface area (Å²) in [5, 5.41) is 3.32. The van der Waals surface area contributed by atoms with Crippen molar-refractivity contribution in [3.8, 4) is 11.3 Å². The zero-order chi connectivity index (χ0) is 30.9. The highest BCUT2D eigenvalue weighted by Gasteiger charge is 2.38. The molecular formula is C33H46F3N5O. The van der Waals surface area contributed by atoms with Crippen LogP contribution in [-0.2, 0) is 11.3 Å². The number of aromatic nitrogens is 2. The van der Waals surface area contributed by atoms with Gasteiger partial charge in [-0.15, -0.1) is 0 Å². The zero-order valence-electron chi connectivity index (χ0n) is 25.5. The van der Waals surface area contributed by atoms with Crippen LogP contribution in [0.1, 0.15) is 71.3 Å². The average molecular weight is 586 g/mol. The fraction of sp³-hybridized carbons (Fsp3) is 0.515. The predicted molar refractivity (Wildman–Crippen MR) is 163 cm³/mol. The standard InChI is InChI=1S/C33H46F3N5O/c1-6-10-23(2)20-38-26(18-34)15-16-41(30(42)19-37)31(33(3,4)5)32-39-29(27-17-25(35)13-14-28(27)36)22-40(32)21-24-11-8-7-9-12-24/h7-9,11-14,17,22-23,26,31,38H,6,10,15-16,18-21,37H2,1-5H3. The van der Waals surface area contributed by atoms with Gasteiger partial charge in [0.2, 0.25) is 5.91 Å². The summed E-state index contributed by atoms with van der Waals surface area (Å²) >= 11 is 0. The van der Waals surface area contributed by atoms with E-state index < -0.39 is 35.8 Å². The highest BCUT2D eigenvalue weighted by atomic mass is 19.1. The number of hydrogen-bond acceptors (Lipinski definition) is 4. The van der Waals surface area contributed by atoms with Crippen LogP contribution in [0, 0.1) is 23.0 Å². The van der Waals surface area contributed by atoms with Crippen LogP contribution in [0.25, 0.3) is 11.3 Å². The Bertz CT molecular complexity index is 1270. The van der Waals surface area contributed by atoms with Gasteiger partial charge in [0, 0.05) is 30.9 Å². The van der Waals surface area contributed by atoms with Crippen molar-refractivity contribution < 1.29 is 18.0 Å². The van der Waals surface area contributed by atoms with Gasteiger partial charge in [0.15, 0.2) is 0 Å². The second kappa shape index (κ2) is 15.3. The van der Waals surface area contributed by atoms with E-state index in [9.17, 15) is 18.0 Å². The summed E-state index contributed by atoms with van der Waals surface area (Å²) in [4.78, 5) is 19.9. The molecule has 3 aromatic rings. The van der Waals surface area contributed by atoms with Crippen molar-refractivity contribution in [2.45, 2.75) is 72.5 Å². The van der Waals surface area contributed by atoms with Gasteiger partial charge in [0.05, 0.1) is 18.3 Å². The lowest BCUT2D eigenvalue weighted by Gasteiger charge is -2.40. The van der Waals surface area contributed by atoms with Crippen LogP contribution in [0.15, 0.2) is 54.7 Å². The Balaban J connectivity index is 2.05. The van der Waals surface area contributed by atoms with Gasteiger partial charge in [-0.1, -0.05) is 71.4 Å². The van der Waals surface area contributed by atoms with Crippen LogP contribution >= 0.6 is 0 Å². The molecule has 3 rings (SSSR count). The smallest absolute Gasteiger partial charge is 0.236 e. The maximum atomic E-state index is 14.9. The van der Waals surface area contributed by atoms with Crippen molar-refractivity contribution >= 4 is 5.91 Å². The van der Waals surface area contributed by atoms with E-state index >= 15 is 0 Å². The van der Waals surface area contributed by atoms with Crippen molar-refractivity contribution in [2.24, 2.45) is 17.1 Å². The normalized spacial score (nSPS) is 14.0. The van der Waals surface area contributed by atoms with E-state index in [1.807, 2.05) is 55.7 Å². The number of nitrogens with zero attached hydrogens (tertiary/aromatic N) is 3. The lowest BCUT2D eigenvalue weighted by Crippen LogP contribution is -2.47. The Morgan fingerprint density at radius 3 is 2.45 bits per heavy atom. The Hall–Kier alpha value is -3.17. The molecule has 3 unspecified atom stereocenters. The molecule has 230 valence electrons. The summed E-state index contributed by atoms with van der Waals surface area (Å²) in [5.41, 5.74) is 6.65. The van der Waals surface area contributed by atoms with Crippen LogP contribution in [0.2, 0.25) is 0 Å². The number of carbonyl (C=O) groups excluding carboxylic acids is 1. The number of halogens is 3. The monoisotopic (exact) mass is 585 g/mol. The fourth-order valence-electron chi connectivity index (χ4n) is 5.38. The van der Waals surface area contributed by atoms with Crippen molar-refractivity contribution in [3.05, 3.63) is 77.8 Å². The summed E-state index contributed by atoms with van der Waals surface area (Å²) in [6.45, 7) is 10.8. The number of nitrogens with two attached hydrogens (primary N) is 1. The molecule has 42 heavy (non-hydrogen) atoms. The molecule has 0 fully saturated rings. The van der Waals surface area contributed by atoms with Crippen molar-refractivity contribution in [2.75, 3.05) is 26.3 Å². The maximum absolute atomic E-state index is 14.9. The summed E-state index contributed by atoms with van der Waals surface area (Å²) in [7, 11) is 0. The lowest BCUT2D eigenvalue weighted by molar-refractivity contribution is -0.135. The van der Waals surface area contributed by atoms with E-state index in [0.717, 1.165) is 36.6 Å². The molecule has 0 spiro atoms. The van der Waals surface area contributed by atoms with E-state index in [1.54, 1.807) is 11.1 Å². The molecule has 0 bridgehead atoms. The molecule has 0 radical (unpaired) electrons. The van der Waals surface area contributed by atoms with E-state index in [2.05, 4.69) is 19.2 Å². The third-order valence-electron chi connectivity index (χ3n) is 7.52. The first kappa shape index (κ1) is 33.3. The average Bonchev–Trinajstić information content (AvgIpc) is 3.35. The van der Waals surface area contributed by atoms with Gasteiger partial charge in [-0.3, -0.25) is 4.79 Å². The van der Waals surface area contributed by atoms with Gasteiger partial charge in [-0.25, -0.2) is 18.2 Å². The van der Waals surface area contributed by atoms with Gasteiger partial charge >= 0.3 is 0 Å². The number of benzene rings is 2. The Kier molecular flexibility index (Phi) is 12.2. The first-order valence-corrected chi connectivity index (χ1v) is 14.8. The van der Waals surface area contributed by atoms with Crippen LogP contribution in [0.5, 0.6) is 0 Å². The highest BCUT2D eigenvalue weighted by Crippen LogP contribution is 2.39. The van der Waals surface area contributed by atoms with Crippen molar-refractivity contribution in [1.82, 2.24) is 19.8 Å². The fourth-order valence-corrected chi connectivity index (χ4v) is 5.38. The zero-order valence-corrected chi connectivity index (χ0v) is 25.5. The summed E-state index contributed by atoms with van der Waals surface area (Å²) in [6, 6.07) is 12.0. The van der Waals surface area contributed by atoms with Gasteiger partial charge in [-0.2, -0.15) is 0 Å². The molecule has 0 aliphatic rings. The van der Waals surface area contributed by atoms with Gasteiger partial charge in [-0.05, 0) is 54.5 Å². The summed E-state index contributed by atoms with van der Waals surface area (Å²) in [6.07, 6.45) is 4.20. The minimum atomic E-state index is -0.594. The number of alkyl halides is 1. The van der Waals surface area contributed by atoms with Crippen LogP contribution < -0.4 is 11.1 Å². The molecule has 9 heteroatoms. The molecule has 2 aromatic carbocycles. The molecule has 1 heterocycles. The minimum Gasteiger partial charge on any atom is -0.331 e. The maximum Gasteiger partial charge on any atom is 0.236 e. The lowest BCUT2D eigenvalue weighted by atomic mass is 9.84. The molecule has 1 amide bonds. The molecule has 3 atom stereocenters. The summed E-state index contributed by atoms with van der Waals surface area (Å²) in [5.74, 6) is -0.521. The first-order chi connectivity index (χ1) is 20.0. The van der Waals surface area contributed by atoms with Crippen molar-refractivity contribution in [3.63, 3.8) is 0 Å². The number of carbonyl (C=O) groups is 1. The third kappa shape index (κ3) is 8.91. The Morgan fingerprint density at radius 2 is 1.83 bits per heavy atom. The molecule has 0 saturated carbocycles. The topological polar surface area (TPSA) is 76.2 Å². The first-order valence-electron chi connectivity index (χ1n) is 14.8. The molecular weight excluding hydrogens is 539 g/mol. The van der Waals surface area contributed by atoms with Crippen LogP contribution in [0.3, 0.4) is 0 Å². The molecule has 0 saturated heterocycles. The van der Waals surface area contributed by atoms with Crippen LogP contribution in [-0.4, -0.2) is 52.7 Å². The SMILES string of the molecule is CCCC(C)CNC(CF)CCN(C(=O)CN)C(c1nc(-c2cc(F)ccc2F)cn1Cc1ccccc1)C(C)(C)C. The molecule has 0 aliphatic carbocycles. The molecule has 3 N–H and O–H groups in total. The number of hydrogen-bond donors (Lipinski definition) is 2. The second-order valence-electron chi connectivity index (χ2n) is 12.2. The van der Waals surface area contributed by atoms with E-state index in [-0.39, 0.29) is 30.3 Å². The minimum absolute atomic E-state index is 0.0373. The largest absolute Gasteiger partial charge is 0.331 e. The number of nitrogens with one attached hydrogen (secondary N) is 1. The van der Waals surface area contributed by atoms with E-state index in [4.69, 9.17) is 10.7 Å². The number of rotatable bonds is 15. The highest BCUT2D eigenvalue weighted by molar-refractivity contribution is 5.78. The third-order valence-corrected chi connectivity index (χ3v) is 7.52. The quantitative estimate of drug-likeness (QED) is 0.213. The number of amides is 1. The molecule has 1 aromatic heterocycles. The van der Waals surface area contributed by atoms with E-state index in [0.29, 0.717) is 31.3 Å². The van der Waals surface area contributed by atoms with E-state index in [1.165, 1.54) is 0 Å². The summed E-state index contributed by atoms with van der Waals surface area (Å²) < 4.78 is 45.0. The van der Waals surface area contributed by atoms with Crippen LogP contribution in [0.4, 0.5) is 13.2 Å². The van der Waals surface area contributed by atoms with Gasteiger partial charge < -0.3 is 20.5 Å².